The Bertz CT molecular complexity index is 364. The number of hydrogen-bond acceptors (Lipinski definition) is 1. The minimum absolute atomic E-state index is 0.237. The Hall–Kier alpha value is -0.730. The molecule has 1 heterocycles. The van der Waals surface area contributed by atoms with E-state index in [-0.39, 0.29) is 11.9 Å². The van der Waals surface area contributed by atoms with E-state index in [1.807, 2.05) is 30.3 Å². The molecular weight excluding hydrogens is 221 g/mol. The molecule has 2 rings (SSSR count). The molecule has 0 bridgehead atoms. The highest BCUT2D eigenvalue weighted by Gasteiger charge is 2.57. The van der Waals surface area contributed by atoms with Crippen molar-refractivity contribution in [2.24, 2.45) is 0 Å². The zero-order valence-electron chi connectivity index (χ0n) is 7.58. The summed E-state index contributed by atoms with van der Waals surface area (Å²) < 4.78 is -1.30. The summed E-state index contributed by atoms with van der Waals surface area (Å²) in [6.45, 7) is 0. The van der Waals surface area contributed by atoms with Gasteiger partial charge in [-0.05, 0) is 5.56 Å². The number of β-lactam (4-membered cyclic amide) rings is 1. The van der Waals surface area contributed by atoms with Crippen LogP contribution in [0.15, 0.2) is 30.3 Å². The summed E-state index contributed by atoms with van der Waals surface area (Å²) in [5.74, 6) is -0.241. The average molecular weight is 230 g/mol. The van der Waals surface area contributed by atoms with Crippen molar-refractivity contribution < 1.29 is 4.79 Å². The molecule has 14 heavy (non-hydrogen) atoms. The van der Waals surface area contributed by atoms with Gasteiger partial charge in [0.2, 0.25) is 4.33 Å². The molecule has 1 aromatic rings. The van der Waals surface area contributed by atoms with Crippen molar-refractivity contribution in [3.8, 4) is 0 Å². The van der Waals surface area contributed by atoms with Gasteiger partial charge in [-0.25, -0.2) is 0 Å². The van der Waals surface area contributed by atoms with E-state index < -0.39 is 4.33 Å². The van der Waals surface area contributed by atoms with Crippen LogP contribution in [-0.4, -0.2) is 22.2 Å². The van der Waals surface area contributed by atoms with E-state index >= 15 is 0 Å². The van der Waals surface area contributed by atoms with Gasteiger partial charge in [0.15, 0.2) is 0 Å². The topological polar surface area (TPSA) is 20.3 Å². The van der Waals surface area contributed by atoms with Crippen LogP contribution in [0.4, 0.5) is 0 Å². The highest BCUT2D eigenvalue weighted by Crippen LogP contribution is 2.49. The predicted molar refractivity (Wildman–Crippen MR) is 56.4 cm³/mol. The van der Waals surface area contributed by atoms with Gasteiger partial charge < -0.3 is 4.90 Å². The zero-order valence-corrected chi connectivity index (χ0v) is 9.09. The Labute approximate surface area is 92.4 Å². The second-order valence-corrected chi connectivity index (χ2v) is 4.74. The van der Waals surface area contributed by atoms with E-state index in [9.17, 15) is 4.79 Å². The maximum atomic E-state index is 11.3. The van der Waals surface area contributed by atoms with E-state index in [4.69, 9.17) is 23.2 Å². The van der Waals surface area contributed by atoms with Crippen molar-refractivity contribution in [1.82, 2.24) is 4.90 Å². The number of rotatable bonds is 1. The molecule has 0 saturated carbocycles. The third-order valence-corrected chi connectivity index (χ3v) is 3.19. The van der Waals surface area contributed by atoms with Gasteiger partial charge in [0.1, 0.15) is 0 Å². The second-order valence-electron chi connectivity index (χ2n) is 3.35. The Kier molecular flexibility index (Phi) is 2.20. The van der Waals surface area contributed by atoms with E-state index in [1.54, 1.807) is 11.9 Å². The van der Waals surface area contributed by atoms with Crippen LogP contribution in [0.1, 0.15) is 11.6 Å². The first-order chi connectivity index (χ1) is 6.55. The number of nitrogens with zero attached hydrogens (tertiary/aromatic N) is 1. The van der Waals surface area contributed by atoms with Gasteiger partial charge in [-0.1, -0.05) is 53.5 Å². The Morgan fingerprint density at radius 3 is 2.36 bits per heavy atom. The van der Waals surface area contributed by atoms with Gasteiger partial charge in [0, 0.05) is 7.05 Å². The SMILES string of the molecule is CN1C(=O)C(Cl)(Cl)C1c1ccccc1. The summed E-state index contributed by atoms with van der Waals surface area (Å²) in [7, 11) is 1.70. The minimum Gasteiger partial charge on any atom is -0.332 e. The first kappa shape index (κ1) is 9.81. The summed E-state index contributed by atoms with van der Waals surface area (Å²) in [6, 6.07) is 9.29. The number of amides is 1. The van der Waals surface area contributed by atoms with Gasteiger partial charge in [-0.3, -0.25) is 4.79 Å². The molecule has 0 radical (unpaired) electrons. The summed E-state index contributed by atoms with van der Waals surface area (Å²) in [6.07, 6.45) is 0. The fraction of sp³-hybridized carbons (Fsp3) is 0.300. The first-order valence-electron chi connectivity index (χ1n) is 4.25. The van der Waals surface area contributed by atoms with E-state index in [0.717, 1.165) is 5.56 Å². The molecule has 1 amide bonds. The quantitative estimate of drug-likeness (QED) is 0.535. The molecule has 0 N–H and O–H groups in total. The van der Waals surface area contributed by atoms with Gasteiger partial charge in [0.05, 0.1) is 6.04 Å². The van der Waals surface area contributed by atoms with Crippen molar-refractivity contribution in [3.05, 3.63) is 35.9 Å². The standard InChI is InChI=1S/C10H9Cl2NO/c1-13-8(10(11,12)9(13)14)7-5-3-2-4-6-7/h2-6,8H,1H3. The predicted octanol–water partition coefficient (Wildman–Crippen LogP) is 2.37. The lowest BCUT2D eigenvalue weighted by Crippen LogP contribution is -2.60. The van der Waals surface area contributed by atoms with Crippen LogP contribution >= 0.6 is 23.2 Å². The highest BCUT2D eigenvalue weighted by molar-refractivity contribution is 6.60. The third kappa shape index (κ3) is 1.22. The lowest BCUT2D eigenvalue weighted by molar-refractivity contribution is -0.145. The molecule has 2 nitrogen and oxygen atoms in total. The van der Waals surface area contributed by atoms with Crippen molar-refractivity contribution in [2.45, 2.75) is 10.4 Å². The Morgan fingerprint density at radius 1 is 1.29 bits per heavy atom. The number of likely N-dealkylation sites (tertiary alicyclic amines) is 1. The lowest BCUT2D eigenvalue weighted by Gasteiger charge is -2.47. The maximum absolute atomic E-state index is 11.3. The van der Waals surface area contributed by atoms with E-state index in [2.05, 4.69) is 0 Å². The van der Waals surface area contributed by atoms with Crippen molar-refractivity contribution in [2.75, 3.05) is 7.05 Å². The molecule has 0 aromatic heterocycles. The minimum atomic E-state index is -1.30. The monoisotopic (exact) mass is 229 g/mol. The van der Waals surface area contributed by atoms with Crippen LogP contribution in [0, 0.1) is 0 Å². The zero-order chi connectivity index (χ0) is 10.3. The van der Waals surface area contributed by atoms with E-state index in [1.165, 1.54) is 0 Å². The summed E-state index contributed by atoms with van der Waals surface area (Å²) >= 11 is 11.8. The number of hydrogen-bond donors (Lipinski definition) is 0. The number of benzene rings is 1. The number of halogens is 2. The molecule has 74 valence electrons. The molecule has 0 spiro atoms. The van der Waals surface area contributed by atoms with Crippen LogP contribution < -0.4 is 0 Å². The second kappa shape index (κ2) is 3.14. The average Bonchev–Trinajstić information content (AvgIpc) is 2.18. The molecule has 1 saturated heterocycles. The number of carbonyl (C=O) groups is 1. The molecule has 1 aliphatic rings. The Balaban J connectivity index is 2.34. The van der Waals surface area contributed by atoms with Gasteiger partial charge in [-0.2, -0.15) is 0 Å². The normalized spacial score (nSPS) is 24.6. The maximum Gasteiger partial charge on any atom is 0.261 e. The highest BCUT2D eigenvalue weighted by atomic mass is 35.5. The molecule has 1 aromatic carbocycles. The Morgan fingerprint density at radius 2 is 1.86 bits per heavy atom. The van der Waals surface area contributed by atoms with Gasteiger partial charge in [-0.15, -0.1) is 0 Å². The fourth-order valence-corrected chi connectivity index (χ4v) is 2.53. The van der Waals surface area contributed by atoms with Crippen LogP contribution in [0.25, 0.3) is 0 Å². The largest absolute Gasteiger partial charge is 0.332 e. The van der Waals surface area contributed by atoms with Crippen molar-refractivity contribution in [1.29, 1.82) is 0 Å². The smallest absolute Gasteiger partial charge is 0.261 e. The molecule has 1 atom stereocenters. The molecular formula is C10H9Cl2NO. The number of carbonyl (C=O) groups excluding carboxylic acids is 1. The first-order valence-corrected chi connectivity index (χ1v) is 5.01. The molecule has 1 fully saturated rings. The summed E-state index contributed by atoms with van der Waals surface area (Å²) in [5, 5.41) is 0. The van der Waals surface area contributed by atoms with E-state index in [0.29, 0.717) is 0 Å². The van der Waals surface area contributed by atoms with Gasteiger partial charge in [0.25, 0.3) is 5.91 Å². The fourth-order valence-electron chi connectivity index (χ4n) is 1.71. The lowest BCUT2D eigenvalue weighted by atomic mass is 9.94. The van der Waals surface area contributed by atoms with Crippen LogP contribution in [-0.2, 0) is 4.79 Å². The molecule has 1 unspecified atom stereocenters. The number of alkyl halides is 2. The molecule has 1 aliphatic heterocycles. The van der Waals surface area contributed by atoms with Crippen LogP contribution in [0.2, 0.25) is 0 Å². The third-order valence-electron chi connectivity index (χ3n) is 2.45. The van der Waals surface area contributed by atoms with Gasteiger partial charge >= 0.3 is 0 Å². The summed E-state index contributed by atoms with van der Waals surface area (Å²) in [4.78, 5) is 12.9. The van der Waals surface area contributed by atoms with Crippen LogP contribution in [0.5, 0.6) is 0 Å². The van der Waals surface area contributed by atoms with Crippen LogP contribution in [0.3, 0.4) is 0 Å². The molecule has 0 aliphatic carbocycles. The van der Waals surface area contributed by atoms with Crippen molar-refractivity contribution in [3.63, 3.8) is 0 Å². The van der Waals surface area contributed by atoms with Crippen molar-refractivity contribution >= 4 is 29.1 Å². The molecule has 4 heteroatoms. The summed E-state index contributed by atoms with van der Waals surface area (Å²) in [5.41, 5.74) is 0.958.